The van der Waals surface area contributed by atoms with Crippen molar-refractivity contribution in [3.8, 4) is 34.3 Å². The Morgan fingerprint density at radius 3 is 2.23 bits per heavy atom. The van der Waals surface area contributed by atoms with Gasteiger partial charge >= 0.3 is 0 Å². The molecule has 0 aliphatic carbocycles. The molecule has 5 rings (SSSR count). The third-order valence-electron chi connectivity index (χ3n) is 6.85. The van der Waals surface area contributed by atoms with Crippen molar-refractivity contribution in [1.82, 2.24) is 0 Å². The SMILES string of the molecule is C[C@@H]1O[C@@H](Oc2cc3oc(-c4ccc(O)cc4)cc(=O)c3c(O)c2O)[C@H](O)[C@H](O)[C@H]1O[C@@H]1OC[C@H](O)[C@@H](O)[C@H]1O. The van der Waals surface area contributed by atoms with E-state index in [-0.39, 0.29) is 29.1 Å². The first-order chi connectivity index (χ1) is 19.0. The van der Waals surface area contributed by atoms with Crippen LogP contribution in [0.15, 0.2) is 45.6 Å². The second-order valence-corrected chi connectivity index (χ2v) is 9.63. The van der Waals surface area contributed by atoms with Gasteiger partial charge < -0.3 is 64.2 Å². The van der Waals surface area contributed by atoms with Crippen molar-refractivity contribution in [3.63, 3.8) is 0 Å². The van der Waals surface area contributed by atoms with Crippen LogP contribution < -0.4 is 10.2 Å². The number of phenols is 3. The molecule has 14 nitrogen and oxygen atoms in total. The average Bonchev–Trinajstić information content (AvgIpc) is 2.92. The summed E-state index contributed by atoms with van der Waals surface area (Å²) in [5, 5.41) is 81.3. The molecule has 40 heavy (non-hydrogen) atoms. The van der Waals surface area contributed by atoms with E-state index in [1.807, 2.05) is 0 Å². The predicted octanol–water partition coefficient (Wildman–Crippen LogP) is -0.754. The van der Waals surface area contributed by atoms with Crippen molar-refractivity contribution < 1.29 is 64.2 Å². The zero-order valence-electron chi connectivity index (χ0n) is 20.9. The highest BCUT2D eigenvalue weighted by Crippen LogP contribution is 2.43. The van der Waals surface area contributed by atoms with Crippen LogP contribution in [0.5, 0.6) is 23.0 Å². The fourth-order valence-corrected chi connectivity index (χ4v) is 4.60. The average molecular weight is 564 g/mol. The van der Waals surface area contributed by atoms with Crippen LogP contribution in [-0.2, 0) is 14.2 Å². The van der Waals surface area contributed by atoms with Crippen LogP contribution in [0.1, 0.15) is 6.92 Å². The Kier molecular flexibility index (Phi) is 7.60. The maximum absolute atomic E-state index is 12.7. The van der Waals surface area contributed by atoms with E-state index in [0.717, 1.165) is 12.1 Å². The predicted molar refractivity (Wildman–Crippen MR) is 133 cm³/mol. The molecule has 14 heteroatoms. The van der Waals surface area contributed by atoms with Crippen molar-refractivity contribution in [2.75, 3.05) is 6.61 Å². The Morgan fingerprint density at radius 2 is 1.52 bits per heavy atom. The molecule has 2 fully saturated rings. The molecular formula is C26H28O14. The Morgan fingerprint density at radius 1 is 0.850 bits per heavy atom. The first-order valence-electron chi connectivity index (χ1n) is 12.3. The number of aromatic hydroxyl groups is 3. The number of ether oxygens (including phenoxy) is 4. The Hall–Kier alpha value is -3.47. The summed E-state index contributed by atoms with van der Waals surface area (Å²) >= 11 is 0. The van der Waals surface area contributed by atoms with E-state index in [0.29, 0.717) is 5.56 Å². The highest BCUT2D eigenvalue weighted by atomic mass is 16.7. The molecule has 8 N–H and O–H groups in total. The number of phenolic OH excluding ortho intramolecular Hbond substituents is 3. The first-order valence-corrected chi connectivity index (χ1v) is 12.3. The number of fused-ring (bicyclic) bond motifs is 1. The highest BCUT2D eigenvalue weighted by Gasteiger charge is 2.48. The fourth-order valence-electron chi connectivity index (χ4n) is 4.60. The van der Waals surface area contributed by atoms with Gasteiger partial charge in [0.1, 0.15) is 59.1 Å². The molecule has 0 spiro atoms. The van der Waals surface area contributed by atoms with Gasteiger partial charge in [0, 0.05) is 17.7 Å². The zero-order chi connectivity index (χ0) is 28.9. The third-order valence-corrected chi connectivity index (χ3v) is 6.85. The molecule has 3 heterocycles. The summed E-state index contributed by atoms with van der Waals surface area (Å²) in [7, 11) is 0. The first kappa shape index (κ1) is 28.1. The van der Waals surface area contributed by atoms with Gasteiger partial charge in [-0.25, -0.2) is 0 Å². The molecule has 2 aromatic carbocycles. The van der Waals surface area contributed by atoms with Gasteiger partial charge in [-0.1, -0.05) is 0 Å². The van der Waals surface area contributed by atoms with Crippen molar-refractivity contribution in [3.05, 3.63) is 46.6 Å². The number of benzene rings is 2. The molecule has 2 aliphatic heterocycles. The Balaban J connectivity index is 1.39. The molecule has 0 saturated carbocycles. The molecule has 0 amide bonds. The molecular weight excluding hydrogens is 536 g/mol. The van der Waals surface area contributed by atoms with Gasteiger partial charge in [0.15, 0.2) is 23.2 Å². The molecule has 9 atom stereocenters. The van der Waals surface area contributed by atoms with E-state index in [4.69, 9.17) is 23.4 Å². The van der Waals surface area contributed by atoms with Gasteiger partial charge in [0.05, 0.1) is 12.7 Å². The second-order valence-electron chi connectivity index (χ2n) is 9.63. The summed E-state index contributed by atoms with van der Waals surface area (Å²) < 4.78 is 27.7. The third kappa shape index (κ3) is 5.07. The van der Waals surface area contributed by atoms with Crippen LogP contribution in [0.25, 0.3) is 22.3 Å². The summed E-state index contributed by atoms with van der Waals surface area (Å²) in [6.07, 6.45) is -13.3. The van der Waals surface area contributed by atoms with Gasteiger partial charge in [0.25, 0.3) is 0 Å². The summed E-state index contributed by atoms with van der Waals surface area (Å²) in [5.41, 5.74) is -0.411. The van der Waals surface area contributed by atoms with E-state index in [1.165, 1.54) is 31.2 Å². The van der Waals surface area contributed by atoms with Gasteiger partial charge in [-0.05, 0) is 31.2 Å². The minimum Gasteiger partial charge on any atom is -0.508 e. The van der Waals surface area contributed by atoms with Crippen LogP contribution in [0.2, 0.25) is 0 Å². The minimum atomic E-state index is -1.79. The van der Waals surface area contributed by atoms with E-state index >= 15 is 0 Å². The number of rotatable bonds is 5. The smallest absolute Gasteiger partial charge is 0.229 e. The lowest BCUT2D eigenvalue weighted by Crippen LogP contribution is -2.62. The van der Waals surface area contributed by atoms with Crippen molar-refractivity contribution in [1.29, 1.82) is 0 Å². The molecule has 2 aliphatic rings. The normalized spacial score (nSPS) is 32.7. The number of aliphatic hydroxyl groups is 5. The largest absolute Gasteiger partial charge is 0.508 e. The van der Waals surface area contributed by atoms with E-state index < -0.39 is 78.0 Å². The lowest BCUT2D eigenvalue weighted by atomic mass is 9.99. The number of hydrogen-bond acceptors (Lipinski definition) is 14. The standard InChI is InChI=1S/C26H28O14/c1-9-24(40-25-22(34)18(30)13(29)8-36-25)21(33)23(35)26(37-9)39-16-7-15-17(20(32)19(16)31)12(28)6-14(38-15)10-2-4-11(27)5-3-10/h2-7,9,13,18,21-27,29-35H,8H2,1H3/t9-,13-,18+,21-,22+,23+,24-,25-,26-/m0/s1. The lowest BCUT2D eigenvalue weighted by molar-refractivity contribution is -0.334. The maximum atomic E-state index is 12.7. The maximum Gasteiger partial charge on any atom is 0.229 e. The van der Waals surface area contributed by atoms with E-state index in [9.17, 15) is 45.6 Å². The van der Waals surface area contributed by atoms with Crippen molar-refractivity contribution in [2.24, 2.45) is 0 Å². The van der Waals surface area contributed by atoms with Crippen LogP contribution >= 0.6 is 0 Å². The summed E-state index contributed by atoms with van der Waals surface area (Å²) in [6.45, 7) is 1.11. The van der Waals surface area contributed by atoms with Gasteiger partial charge in [-0.2, -0.15) is 0 Å². The van der Waals surface area contributed by atoms with Crippen LogP contribution in [-0.4, -0.2) is 103 Å². The minimum absolute atomic E-state index is 0.000862. The molecule has 0 radical (unpaired) electrons. The fraction of sp³-hybridized carbons (Fsp3) is 0.423. The molecule has 1 aromatic heterocycles. The van der Waals surface area contributed by atoms with Crippen molar-refractivity contribution >= 4 is 11.0 Å². The Bertz CT molecular complexity index is 1420. The second kappa shape index (κ2) is 10.8. The molecule has 3 aromatic rings. The summed E-state index contributed by atoms with van der Waals surface area (Å²) in [6, 6.07) is 7.99. The van der Waals surface area contributed by atoms with Gasteiger partial charge in [0.2, 0.25) is 12.0 Å². The van der Waals surface area contributed by atoms with Crippen LogP contribution in [0.4, 0.5) is 0 Å². The molecule has 0 bridgehead atoms. The van der Waals surface area contributed by atoms with E-state index in [2.05, 4.69) is 0 Å². The van der Waals surface area contributed by atoms with Crippen LogP contribution in [0, 0.1) is 0 Å². The summed E-state index contributed by atoms with van der Waals surface area (Å²) in [4.78, 5) is 12.7. The van der Waals surface area contributed by atoms with E-state index in [1.54, 1.807) is 0 Å². The molecule has 2 saturated heterocycles. The quantitative estimate of drug-likeness (QED) is 0.178. The van der Waals surface area contributed by atoms with Crippen molar-refractivity contribution in [2.45, 2.75) is 62.2 Å². The zero-order valence-corrected chi connectivity index (χ0v) is 20.9. The lowest BCUT2D eigenvalue weighted by Gasteiger charge is -2.44. The topological polar surface area (TPSA) is 229 Å². The summed E-state index contributed by atoms with van der Waals surface area (Å²) in [5.74, 6) is -2.04. The highest BCUT2D eigenvalue weighted by molar-refractivity contribution is 5.89. The number of hydrogen-bond donors (Lipinski definition) is 8. The number of aliphatic hydroxyl groups excluding tert-OH is 5. The Labute approximate surface area is 225 Å². The van der Waals surface area contributed by atoms with Gasteiger partial charge in [-0.3, -0.25) is 4.79 Å². The van der Waals surface area contributed by atoms with Gasteiger partial charge in [-0.15, -0.1) is 0 Å². The molecule has 0 unspecified atom stereocenters. The molecule has 216 valence electrons. The van der Waals surface area contributed by atoms with Crippen LogP contribution in [0.3, 0.4) is 0 Å². The monoisotopic (exact) mass is 564 g/mol.